The molecule has 0 aliphatic carbocycles. The zero-order valence-electron chi connectivity index (χ0n) is 13.7. The van der Waals surface area contributed by atoms with Crippen LogP contribution in [0.1, 0.15) is 25.3 Å². The van der Waals surface area contributed by atoms with Gasteiger partial charge in [0, 0.05) is 30.8 Å². The summed E-state index contributed by atoms with van der Waals surface area (Å²) >= 11 is 0. The Labute approximate surface area is 128 Å². The molecule has 4 heteroatoms. The number of hydrogen-bond acceptors (Lipinski definition) is 4. The molecular weight excluding hydrogens is 264 g/mol. The first-order valence-corrected chi connectivity index (χ1v) is 7.77. The summed E-state index contributed by atoms with van der Waals surface area (Å²) in [5.41, 5.74) is 1.18. The molecule has 1 aliphatic rings. The lowest BCUT2D eigenvalue weighted by atomic mass is 9.92. The van der Waals surface area contributed by atoms with E-state index in [4.69, 9.17) is 9.47 Å². The lowest BCUT2D eigenvalue weighted by molar-refractivity contribution is 0.178. The van der Waals surface area contributed by atoms with Crippen LogP contribution in [-0.4, -0.2) is 45.3 Å². The smallest absolute Gasteiger partial charge is 0.127 e. The third kappa shape index (κ3) is 4.35. The largest absolute Gasteiger partial charge is 0.497 e. The van der Waals surface area contributed by atoms with Crippen LogP contribution in [0.15, 0.2) is 18.2 Å². The number of benzene rings is 1. The van der Waals surface area contributed by atoms with E-state index in [-0.39, 0.29) is 0 Å². The molecule has 0 saturated carbocycles. The second-order valence-electron chi connectivity index (χ2n) is 6.01. The third-order valence-electron chi connectivity index (χ3n) is 4.48. The molecule has 0 radical (unpaired) electrons. The zero-order valence-corrected chi connectivity index (χ0v) is 13.7. The summed E-state index contributed by atoms with van der Waals surface area (Å²) in [4.78, 5) is 2.43. The van der Waals surface area contributed by atoms with Gasteiger partial charge in [0.15, 0.2) is 0 Å². The fraction of sp³-hybridized carbons (Fsp3) is 0.647. The van der Waals surface area contributed by atoms with Crippen molar-refractivity contribution in [1.29, 1.82) is 0 Å². The molecule has 2 atom stereocenters. The van der Waals surface area contributed by atoms with E-state index in [0.717, 1.165) is 24.0 Å². The van der Waals surface area contributed by atoms with Gasteiger partial charge >= 0.3 is 0 Å². The Kier molecular flexibility index (Phi) is 5.88. The van der Waals surface area contributed by atoms with Gasteiger partial charge in [0.2, 0.25) is 0 Å². The van der Waals surface area contributed by atoms with E-state index in [9.17, 15) is 0 Å². The van der Waals surface area contributed by atoms with Crippen molar-refractivity contribution in [3.8, 4) is 11.5 Å². The van der Waals surface area contributed by atoms with Gasteiger partial charge in [0.1, 0.15) is 11.5 Å². The van der Waals surface area contributed by atoms with Crippen molar-refractivity contribution in [3.63, 3.8) is 0 Å². The molecule has 1 heterocycles. The summed E-state index contributed by atoms with van der Waals surface area (Å²) in [5, 5.41) is 3.65. The first-order valence-electron chi connectivity index (χ1n) is 7.77. The van der Waals surface area contributed by atoms with E-state index in [0.29, 0.717) is 6.04 Å². The normalized spacial score (nSPS) is 21.0. The molecule has 0 amide bonds. The first kappa shape index (κ1) is 16.1. The standard InChI is InChI=1S/C17H28N2O2/c1-13(15-6-5-9-19(2)12-15)18-11-14-7-8-16(20-3)10-17(14)21-4/h7-8,10,13,15,18H,5-6,9,11-12H2,1-4H3. The number of ether oxygens (including phenoxy) is 2. The summed E-state index contributed by atoms with van der Waals surface area (Å²) in [6, 6.07) is 6.51. The highest BCUT2D eigenvalue weighted by Gasteiger charge is 2.22. The van der Waals surface area contributed by atoms with Crippen LogP contribution in [0.25, 0.3) is 0 Å². The van der Waals surface area contributed by atoms with Crippen LogP contribution in [0.5, 0.6) is 11.5 Å². The Bertz CT molecular complexity index is 450. The predicted octanol–water partition coefficient (Wildman–Crippen LogP) is 2.52. The molecule has 118 valence electrons. The molecule has 1 aromatic rings. The third-order valence-corrected chi connectivity index (χ3v) is 4.48. The molecule has 0 bridgehead atoms. The molecular formula is C17H28N2O2. The zero-order chi connectivity index (χ0) is 15.2. The van der Waals surface area contributed by atoms with Gasteiger partial charge in [0.25, 0.3) is 0 Å². The summed E-state index contributed by atoms with van der Waals surface area (Å²) in [7, 11) is 5.59. The second kappa shape index (κ2) is 7.66. The Balaban J connectivity index is 1.92. The maximum Gasteiger partial charge on any atom is 0.127 e. The van der Waals surface area contributed by atoms with Crippen LogP contribution in [0.3, 0.4) is 0 Å². The summed E-state index contributed by atoms with van der Waals surface area (Å²) < 4.78 is 10.7. The lowest BCUT2D eigenvalue weighted by Crippen LogP contribution is -2.42. The molecule has 4 nitrogen and oxygen atoms in total. The average molecular weight is 292 g/mol. The molecule has 0 aromatic heterocycles. The number of methoxy groups -OCH3 is 2. The molecule has 2 unspecified atom stereocenters. The van der Waals surface area contributed by atoms with Crippen LogP contribution in [0.2, 0.25) is 0 Å². The highest BCUT2D eigenvalue weighted by molar-refractivity contribution is 5.40. The molecule has 1 aromatic carbocycles. The second-order valence-corrected chi connectivity index (χ2v) is 6.01. The maximum absolute atomic E-state index is 5.45. The summed E-state index contributed by atoms with van der Waals surface area (Å²) in [5.74, 6) is 2.44. The van der Waals surface area contributed by atoms with Gasteiger partial charge in [-0.25, -0.2) is 0 Å². The summed E-state index contributed by atoms with van der Waals surface area (Å²) in [6.45, 7) is 5.54. The van der Waals surface area contributed by atoms with Crippen molar-refractivity contribution in [2.24, 2.45) is 5.92 Å². The van der Waals surface area contributed by atoms with Crippen LogP contribution in [0.4, 0.5) is 0 Å². The fourth-order valence-electron chi connectivity index (χ4n) is 3.05. The van der Waals surface area contributed by atoms with Crippen LogP contribution >= 0.6 is 0 Å². The Morgan fingerprint density at radius 2 is 2.14 bits per heavy atom. The van der Waals surface area contributed by atoms with Crippen molar-refractivity contribution in [1.82, 2.24) is 10.2 Å². The molecule has 1 saturated heterocycles. The Morgan fingerprint density at radius 1 is 1.33 bits per heavy atom. The number of hydrogen-bond donors (Lipinski definition) is 1. The van der Waals surface area contributed by atoms with Crippen LogP contribution in [0, 0.1) is 5.92 Å². The molecule has 1 aliphatic heterocycles. The average Bonchev–Trinajstić information content (AvgIpc) is 2.52. The number of likely N-dealkylation sites (tertiary alicyclic amines) is 1. The van der Waals surface area contributed by atoms with Gasteiger partial charge in [-0.3, -0.25) is 0 Å². The fourth-order valence-corrected chi connectivity index (χ4v) is 3.05. The van der Waals surface area contributed by atoms with Crippen molar-refractivity contribution < 1.29 is 9.47 Å². The molecule has 1 N–H and O–H groups in total. The van der Waals surface area contributed by atoms with Gasteiger partial charge in [-0.05, 0) is 45.3 Å². The van der Waals surface area contributed by atoms with Gasteiger partial charge in [-0.2, -0.15) is 0 Å². The minimum absolute atomic E-state index is 0.513. The highest BCUT2D eigenvalue weighted by atomic mass is 16.5. The van der Waals surface area contributed by atoms with E-state index >= 15 is 0 Å². The minimum atomic E-state index is 0.513. The van der Waals surface area contributed by atoms with E-state index in [1.165, 1.54) is 31.5 Å². The number of nitrogens with one attached hydrogen (secondary N) is 1. The number of piperidine rings is 1. The quantitative estimate of drug-likeness (QED) is 0.873. The highest BCUT2D eigenvalue weighted by Crippen LogP contribution is 2.25. The lowest BCUT2D eigenvalue weighted by Gasteiger charge is -2.34. The predicted molar refractivity (Wildman–Crippen MR) is 86.1 cm³/mol. The molecule has 21 heavy (non-hydrogen) atoms. The van der Waals surface area contributed by atoms with Crippen molar-refractivity contribution in [2.75, 3.05) is 34.4 Å². The number of nitrogens with zero attached hydrogens (tertiary/aromatic N) is 1. The Hall–Kier alpha value is -1.26. The van der Waals surface area contributed by atoms with Crippen LogP contribution in [-0.2, 0) is 6.54 Å². The van der Waals surface area contributed by atoms with E-state index in [2.05, 4.69) is 30.3 Å². The van der Waals surface area contributed by atoms with Crippen molar-refractivity contribution in [2.45, 2.75) is 32.4 Å². The van der Waals surface area contributed by atoms with Gasteiger partial charge < -0.3 is 19.7 Å². The van der Waals surface area contributed by atoms with E-state index < -0.39 is 0 Å². The van der Waals surface area contributed by atoms with Gasteiger partial charge in [-0.15, -0.1) is 0 Å². The molecule has 2 rings (SSSR count). The monoisotopic (exact) mass is 292 g/mol. The number of rotatable bonds is 6. The first-order chi connectivity index (χ1) is 10.1. The van der Waals surface area contributed by atoms with Gasteiger partial charge in [-0.1, -0.05) is 6.07 Å². The maximum atomic E-state index is 5.45. The minimum Gasteiger partial charge on any atom is -0.497 e. The Morgan fingerprint density at radius 3 is 2.81 bits per heavy atom. The van der Waals surface area contributed by atoms with Crippen molar-refractivity contribution >= 4 is 0 Å². The molecule has 1 fully saturated rings. The van der Waals surface area contributed by atoms with Crippen molar-refractivity contribution in [3.05, 3.63) is 23.8 Å². The summed E-state index contributed by atoms with van der Waals surface area (Å²) in [6.07, 6.45) is 2.62. The van der Waals surface area contributed by atoms with E-state index in [1.807, 2.05) is 12.1 Å². The van der Waals surface area contributed by atoms with Crippen LogP contribution < -0.4 is 14.8 Å². The van der Waals surface area contributed by atoms with Gasteiger partial charge in [0.05, 0.1) is 14.2 Å². The topological polar surface area (TPSA) is 33.7 Å². The van der Waals surface area contributed by atoms with E-state index in [1.54, 1.807) is 14.2 Å². The SMILES string of the molecule is COc1ccc(CNC(C)C2CCCN(C)C2)c(OC)c1. The molecule has 0 spiro atoms.